The van der Waals surface area contributed by atoms with Gasteiger partial charge in [-0.05, 0) is 24.3 Å². The molecule has 12 heavy (non-hydrogen) atoms. The summed E-state index contributed by atoms with van der Waals surface area (Å²) in [5.41, 5.74) is 0. The first kappa shape index (κ1) is 10.5. The molecule has 1 aromatic rings. The van der Waals surface area contributed by atoms with Crippen LogP contribution in [0, 0.1) is 0 Å². The largest absolute Gasteiger partial charge is 0.309 e. The monoisotopic (exact) mass is 244 g/mol. The highest BCUT2D eigenvalue weighted by Gasteiger charge is 2.23. The molecule has 66 valence electrons. The van der Waals surface area contributed by atoms with E-state index in [1.54, 1.807) is 24.3 Å². The summed E-state index contributed by atoms with van der Waals surface area (Å²) in [5, 5.41) is 0.591. The van der Waals surface area contributed by atoms with E-state index >= 15 is 0 Å². The third kappa shape index (κ3) is 3.85. The molecule has 0 bridgehead atoms. The standard InChI is InChI=1S/C7H4Cl3FS/c8-5-1-3-6(4-2-5)12-7(9,10)11/h1-4H. The molecule has 0 heterocycles. The van der Waals surface area contributed by atoms with Crippen molar-refractivity contribution < 1.29 is 4.39 Å². The zero-order valence-electron chi connectivity index (χ0n) is 5.73. The highest BCUT2D eigenvalue weighted by molar-refractivity contribution is 8.03. The normalized spacial score (nSPS) is 11.7. The van der Waals surface area contributed by atoms with Crippen molar-refractivity contribution in [2.75, 3.05) is 0 Å². The summed E-state index contributed by atoms with van der Waals surface area (Å²) in [5.74, 6) is 0. The van der Waals surface area contributed by atoms with E-state index in [0.29, 0.717) is 21.7 Å². The first-order chi connectivity index (χ1) is 5.47. The summed E-state index contributed by atoms with van der Waals surface area (Å²) in [7, 11) is 0. The third-order valence-corrected chi connectivity index (χ3v) is 2.50. The summed E-state index contributed by atoms with van der Waals surface area (Å²) in [6.07, 6.45) is 0. The van der Waals surface area contributed by atoms with Crippen molar-refractivity contribution in [3.63, 3.8) is 0 Å². The fourth-order valence-corrected chi connectivity index (χ4v) is 1.84. The van der Waals surface area contributed by atoms with Gasteiger partial charge in [-0.3, -0.25) is 0 Å². The molecule has 0 aliphatic rings. The summed E-state index contributed by atoms with van der Waals surface area (Å²) in [6, 6.07) is 6.57. The van der Waals surface area contributed by atoms with Crippen LogP contribution < -0.4 is 0 Å². The lowest BCUT2D eigenvalue weighted by molar-refractivity contribution is 0.516. The zero-order chi connectivity index (χ0) is 9.19. The zero-order valence-corrected chi connectivity index (χ0v) is 8.81. The Labute approximate surface area is 89.0 Å². The summed E-state index contributed by atoms with van der Waals surface area (Å²) < 4.78 is 10.4. The van der Waals surface area contributed by atoms with Gasteiger partial charge < -0.3 is 0 Å². The van der Waals surface area contributed by atoms with Crippen molar-refractivity contribution in [2.24, 2.45) is 0 Å². The van der Waals surface area contributed by atoms with E-state index < -0.39 is 3.92 Å². The molecule has 0 aromatic heterocycles. The predicted molar refractivity (Wildman–Crippen MR) is 52.9 cm³/mol. The van der Waals surface area contributed by atoms with Crippen molar-refractivity contribution in [2.45, 2.75) is 8.81 Å². The van der Waals surface area contributed by atoms with Crippen LogP contribution >= 0.6 is 46.6 Å². The van der Waals surface area contributed by atoms with Crippen LogP contribution in [0.5, 0.6) is 0 Å². The first-order valence-corrected chi connectivity index (χ1v) is 4.94. The second-order valence-electron chi connectivity index (χ2n) is 2.00. The molecule has 0 N–H and O–H groups in total. The maximum Gasteiger partial charge on any atom is 0.309 e. The van der Waals surface area contributed by atoms with Crippen molar-refractivity contribution in [3.05, 3.63) is 29.3 Å². The van der Waals surface area contributed by atoms with Crippen molar-refractivity contribution in [1.29, 1.82) is 0 Å². The Bertz CT molecular complexity index is 254. The Kier molecular flexibility index (Phi) is 3.53. The van der Waals surface area contributed by atoms with Crippen molar-refractivity contribution in [3.8, 4) is 0 Å². The fraction of sp³-hybridized carbons (Fsp3) is 0.143. The maximum atomic E-state index is 12.6. The molecule has 0 amide bonds. The number of halogens is 4. The van der Waals surface area contributed by atoms with Crippen LogP contribution in [-0.4, -0.2) is 3.92 Å². The van der Waals surface area contributed by atoms with Crippen LogP contribution in [0.15, 0.2) is 29.2 Å². The van der Waals surface area contributed by atoms with Gasteiger partial charge in [0.2, 0.25) is 0 Å². The molecule has 0 aliphatic heterocycles. The Hall–Kier alpha value is 0.370. The van der Waals surface area contributed by atoms with Gasteiger partial charge in [0.05, 0.1) is 0 Å². The fourth-order valence-electron chi connectivity index (χ4n) is 0.636. The molecular formula is C7H4Cl3FS. The van der Waals surface area contributed by atoms with Crippen LogP contribution in [0.2, 0.25) is 5.02 Å². The maximum absolute atomic E-state index is 12.6. The summed E-state index contributed by atoms with van der Waals surface area (Å²) in [4.78, 5) is 0.631. The van der Waals surface area contributed by atoms with E-state index in [4.69, 9.17) is 34.8 Å². The van der Waals surface area contributed by atoms with E-state index in [1.165, 1.54) is 0 Å². The second-order valence-corrected chi connectivity index (χ2v) is 5.36. The summed E-state index contributed by atoms with van der Waals surface area (Å²) in [6.45, 7) is 0. The molecule has 0 fully saturated rings. The minimum atomic E-state index is -2.28. The lowest BCUT2D eigenvalue weighted by Crippen LogP contribution is -1.94. The average molecular weight is 246 g/mol. The lowest BCUT2D eigenvalue weighted by Gasteiger charge is -2.07. The molecule has 1 rings (SSSR count). The van der Waals surface area contributed by atoms with Gasteiger partial charge in [0, 0.05) is 9.92 Å². The summed E-state index contributed by atoms with van der Waals surface area (Å²) >= 11 is 16.6. The number of hydrogen-bond donors (Lipinski definition) is 0. The van der Waals surface area contributed by atoms with Crippen LogP contribution in [0.25, 0.3) is 0 Å². The highest BCUT2D eigenvalue weighted by atomic mass is 35.5. The third-order valence-electron chi connectivity index (χ3n) is 1.05. The van der Waals surface area contributed by atoms with E-state index in [0.717, 1.165) is 0 Å². The number of benzene rings is 1. The minimum absolute atomic E-state index is 0.591. The van der Waals surface area contributed by atoms with Gasteiger partial charge in [0.15, 0.2) is 0 Å². The minimum Gasteiger partial charge on any atom is -0.195 e. The van der Waals surface area contributed by atoms with E-state index in [-0.39, 0.29) is 0 Å². The Morgan fingerprint density at radius 2 is 1.67 bits per heavy atom. The number of alkyl halides is 3. The molecule has 0 saturated carbocycles. The van der Waals surface area contributed by atoms with Gasteiger partial charge in [-0.15, -0.1) is 0 Å². The second kappa shape index (κ2) is 4.05. The molecule has 0 unspecified atom stereocenters. The van der Waals surface area contributed by atoms with E-state index in [2.05, 4.69) is 0 Å². The number of hydrogen-bond acceptors (Lipinski definition) is 1. The molecule has 0 saturated heterocycles. The van der Waals surface area contributed by atoms with Crippen molar-refractivity contribution in [1.82, 2.24) is 0 Å². The molecule has 5 heteroatoms. The van der Waals surface area contributed by atoms with Crippen LogP contribution in [0.4, 0.5) is 4.39 Å². The average Bonchev–Trinajstić information content (AvgIpc) is 1.91. The van der Waals surface area contributed by atoms with Gasteiger partial charge in [-0.1, -0.05) is 46.6 Å². The van der Waals surface area contributed by atoms with Crippen LogP contribution in [-0.2, 0) is 0 Å². The Morgan fingerprint density at radius 3 is 2.08 bits per heavy atom. The number of thioether (sulfide) groups is 1. The molecule has 0 atom stereocenters. The van der Waals surface area contributed by atoms with Gasteiger partial charge >= 0.3 is 3.92 Å². The predicted octanol–water partition coefficient (Wildman–Crippen LogP) is 4.49. The molecule has 1 aromatic carbocycles. The quantitative estimate of drug-likeness (QED) is 0.546. The molecule has 0 aliphatic carbocycles. The van der Waals surface area contributed by atoms with E-state index in [1.807, 2.05) is 0 Å². The van der Waals surface area contributed by atoms with Crippen LogP contribution in [0.3, 0.4) is 0 Å². The highest BCUT2D eigenvalue weighted by Crippen LogP contribution is 2.41. The SMILES string of the molecule is FC(Cl)(Cl)Sc1ccc(Cl)cc1. The van der Waals surface area contributed by atoms with Gasteiger partial charge in [0.1, 0.15) is 0 Å². The molecule has 0 spiro atoms. The van der Waals surface area contributed by atoms with Crippen LogP contribution in [0.1, 0.15) is 0 Å². The molecular weight excluding hydrogens is 242 g/mol. The first-order valence-electron chi connectivity index (χ1n) is 2.99. The van der Waals surface area contributed by atoms with Gasteiger partial charge in [-0.2, -0.15) is 4.39 Å². The van der Waals surface area contributed by atoms with Crippen molar-refractivity contribution >= 4 is 46.6 Å². The smallest absolute Gasteiger partial charge is 0.195 e. The molecule has 0 nitrogen and oxygen atoms in total. The Morgan fingerprint density at radius 1 is 1.17 bits per heavy atom. The lowest BCUT2D eigenvalue weighted by atomic mass is 10.4. The topological polar surface area (TPSA) is 0 Å². The van der Waals surface area contributed by atoms with E-state index in [9.17, 15) is 4.39 Å². The van der Waals surface area contributed by atoms with Gasteiger partial charge in [-0.25, -0.2) is 0 Å². The van der Waals surface area contributed by atoms with Gasteiger partial charge in [0.25, 0.3) is 0 Å². The number of rotatable bonds is 2. The Balaban J connectivity index is 2.71. The molecule has 0 radical (unpaired) electrons.